The van der Waals surface area contributed by atoms with Crippen LogP contribution in [0.5, 0.6) is 0 Å². The fourth-order valence-electron chi connectivity index (χ4n) is 1.81. The molecule has 0 radical (unpaired) electrons. The zero-order valence-corrected chi connectivity index (χ0v) is 11.2. The van der Waals surface area contributed by atoms with E-state index >= 15 is 0 Å². The lowest BCUT2D eigenvalue weighted by Crippen LogP contribution is -2.24. The van der Waals surface area contributed by atoms with E-state index in [2.05, 4.69) is 10.1 Å². The predicted molar refractivity (Wildman–Crippen MR) is 73.5 cm³/mol. The van der Waals surface area contributed by atoms with Crippen molar-refractivity contribution < 1.29 is 9.94 Å². The lowest BCUT2D eigenvalue weighted by Gasteiger charge is -2.22. The molecule has 1 aromatic rings. The number of benzene rings is 1. The molecule has 0 aliphatic carbocycles. The average Bonchev–Trinajstić information content (AvgIpc) is 2.37. The van der Waals surface area contributed by atoms with Gasteiger partial charge in [-0.2, -0.15) is 0 Å². The van der Waals surface area contributed by atoms with Gasteiger partial charge < -0.3 is 20.6 Å². The van der Waals surface area contributed by atoms with Crippen molar-refractivity contribution >= 4 is 11.5 Å². The van der Waals surface area contributed by atoms with Crippen LogP contribution < -0.4 is 10.6 Å². The summed E-state index contributed by atoms with van der Waals surface area (Å²) in [5, 5.41) is 11.9. The maximum Gasteiger partial charge on any atom is 0.172 e. The van der Waals surface area contributed by atoms with Crippen LogP contribution in [0.25, 0.3) is 0 Å². The van der Waals surface area contributed by atoms with E-state index < -0.39 is 0 Å². The summed E-state index contributed by atoms with van der Waals surface area (Å²) >= 11 is 0. The van der Waals surface area contributed by atoms with Gasteiger partial charge in [0.25, 0.3) is 0 Å². The highest BCUT2D eigenvalue weighted by Crippen LogP contribution is 2.21. The predicted octanol–water partition coefficient (Wildman–Crippen LogP) is 1.56. The second-order valence-electron chi connectivity index (χ2n) is 4.27. The molecule has 5 heteroatoms. The summed E-state index contributed by atoms with van der Waals surface area (Å²) in [6.45, 7) is 3.54. The van der Waals surface area contributed by atoms with Gasteiger partial charge in [-0.1, -0.05) is 16.8 Å². The van der Waals surface area contributed by atoms with Crippen LogP contribution in [0.2, 0.25) is 0 Å². The van der Waals surface area contributed by atoms with Crippen molar-refractivity contribution in [3.63, 3.8) is 0 Å². The first-order valence-electron chi connectivity index (χ1n) is 5.88. The molecule has 100 valence electrons. The summed E-state index contributed by atoms with van der Waals surface area (Å²) in [5.74, 6) is 0.132. The van der Waals surface area contributed by atoms with Gasteiger partial charge in [-0.05, 0) is 25.5 Å². The number of hydrogen-bond acceptors (Lipinski definition) is 4. The molecule has 0 saturated carbocycles. The molecule has 1 aromatic carbocycles. The minimum atomic E-state index is 0.132. The topological polar surface area (TPSA) is 71.1 Å². The molecule has 0 spiro atoms. The van der Waals surface area contributed by atoms with E-state index in [1.54, 1.807) is 7.11 Å². The molecule has 0 amide bonds. The fourth-order valence-corrected chi connectivity index (χ4v) is 1.81. The number of aryl methyl sites for hydroxylation is 1. The molecule has 0 heterocycles. The van der Waals surface area contributed by atoms with Crippen LogP contribution in [0.1, 0.15) is 17.5 Å². The van der Waals surface area contributed by atoms with Gasteiger partial charge >= 0.3 is 0 Å². The van der Waals surface area contributed by atoms with Crippen molar-refractivity contribution in [3.8, 4) is 0 Å². The van der Waals surface area contributed by atoms with Gasteiger partial charge in [0.05, 0.1) is 0 Å². The van der Waals surface area contributed by atoms with E-state index in [9.17, 15) is 0 Å². The van der Waals surface area contributed by atoms with Crippen LogP contribution in [-0.2, 0) is 4.74 Å². The van der Waals surface area contributed by atoms with Gasteiger partial charge in [-0.15, -0.1) is 0 Å². The normalized spacial score (nSPS) is 11.6. The number of amidine groups is 1. The highest BCUT2D eigenvalue weighted by atomic mass is 16.5. The Morgan fingerprint density at radius 1 is 1.50 bits per heavy atom. The molecule has 1 rings (SSSR count). The quantitative estimate of drug-likeness (QED) is 0.265. The zero-order chi connectivity index (χ0) is 13.5. The Morgan fingerprint density at radius 3 is 2.83 bits per heavy atom. The first-order valence-corrected chi connectivity index (χ1v) is 5.88. The molecular weight excluding hydrogens is 230 g/mol. The maximum absolute atomic E-state index is 8.82. The Balaban J connectivity index is 2.93. The van der Waals surface area contributed by atoms with Gasteiger partial charge in [0.2, 0.25) is 0 Å². The Labute approximate surface area is 108 Å². The van der Waals surface area contributed by atoms with E-state index in [1.165, 1.54) is 0 Å². The van der Waals surface area contributed by atoms with Crippen molar-refractivity contribution in [2.45, 2.75) is 13.3 Å². The summed E-state index contributed by atoms with van der Waals surface area (Å²) in [5.41, 5.74) is 8.48. The molecule has 5 nitrogen and oxygen atoms in total. The molecule has 0 aliphatic heterocycles. The monoisotopic (exact) mass is 251 g/mol. The van der Waals surface area contributed by atoms with Crippen LogP contribution in [0, 0.1) is 6.92 Å². The Bertz CT molecular complexity index is 419. The van der Waals surface area contributed by atoms with Crippen molar-refractivity contribution in [2.24, 2.45) is 10.9 Å². The van der Waals surface area contributed by atoms with E-state index in [0.29, 0.717) is 0 Å². The zero-order valence-electron chi connectivity index (χ0n) is 11.2. The minimum Gasteiger partial charge on any atom is -0.409 e. The van der Waals surface area contributed by atoms with E-state index in [4.69, 9.17) is 15.7 Å². The SMILES string of the molecule is COCCCN(C)c1ccc(C)cc1/C(N)=N/O. The van der Waals surface area contributed by atoms with Gasteiger partial charge in [-0.25, -0.2) is 0 Å². The molecule has 0 atom stereocenters. The molecule has 0 bridgehead atoms. The van der Waals surface area contributed by atoms with Crippen molar-refractivity contribution in [3.05, 3.63) is 29.3 Å². The lowest BCUT2D eigenvalue weighted by molar-refractivity contribution is 0.196. The maximum atomic E-state index is 8.82. The number of nitrogens with two attached hydrogens (primary N) is 1. The summed E-state index contributed by atoms with van der Waals surface area (Å²) < 4.78 is 5.03. The molecular formula is C13H21N3O2. The van der Waals surface area contributed by atoms with Crippen LogP contribution in [0.4, 0.5) is 5.69 Å². The second kappa shape index (κ2) is 6.86. The number of oxime groups is 1. The molecule has 0 fully saturated rings. The standard InChI is InChI=1S/C13H21N3O2/c1-10-5-6-12(11(9-10)13(14)15-17)16(2)7-4-8-18-3/h5-6,9,17H,4,7-8H2,1-3H3,(H2,14,15). The van der Waals surface area contributed by atoms with Gasteiger partial charge in [0.15, 0.2) is 5.84 Å². The number of hydrogen-bond donors (Lipinski definition) is 2. The molecule has 3 N–H and O–H groups in total. The second-order valence-corrected chi connectivity index (χ2v) is 4.27. The molecule has 0 saturated heterocycles. The van der Waals surface area contributed by atoms with E-state index in [-0.39, 0.29) is 5.84 Å². The Morgan fingerprint density at radius 2 is 2.22 bits per heavy atom. The van der Waals surface area contributed by atoms with Crippen molar-refractivity contribution in [1.29, 1.82) is 0 Å². The number of nitrogens with zero attached hydrogens (tertiary/aromatic N) is 2. The highest BCUT2D eigenvalue weighted by molar-refractivity contribution is 6.02. The summed E-state index contributed by atoms with van der Waals surface area (Å²) in [7, 11) is 3.67. The average molecular weight is 251 g/mol. The van der Waals surface area contributed by atoms with E-state index in [1.807, 2.05) is 32.2 Å². The molecule has 0 unspecified atom stereocenters. The number of ether oxygens (including phenoxy) is 1. The summed E-state index contributed by atoms with van der Waals surface area (Å²) in [6, 6.07) is 5.91. The third-order valence-corrected chi connectivity index (χ3v) is 2.79. The summed E-state index contributed by atoms with van der Waals surface area (Å²) in [6.07, 6.45) is 0.927. The van der Waals surface area contributed by atoms with Crippen LogP contribution in [0.15, 0.2) is 23.4 Å². The largest absolute Gasteiger partial charge is 0.409 e. The van der Waals surface area contributed by atoms with Gasteiger partial charge in [0, 0.05) is 38.6 Å². The molecule has 0 aromatic heterocycles. The smallest absolute Gasteiger partial charge is 0.172 e. The van der Waals surface area contributed by atoms with Gasteiger partial charge in [-0.3, -0.25) is 0 Å². The molecule has 18 heavy (non-hydrogen) atoms. The van der Waals surface area contributed by atoms with Crippen molar-refractivity contribution in [1.82, 2.24) is 0 Å². The van der Waals surface area contributed by atoms with Crippen LogP contribution in [0.3, 0.4) is 0 Å². The van der Waals surface area contributed by atoms with Gasteiger partial charge in [0.1, 0.15) is 0 Å². The van der Waals surface area contributed by atoms with Crippen LogP contribution >= 0.6 is 0 Å². The first-order chi connectivity index (χ1) is 8.60. The van der Waals surface area contributed by atoms with E-state index in [0.717, 1.165) is 36.4 Å². The first kappa shape index (κ1) is 14.3. The Kier molecular flexibility index (Phi) is 5.45. The number of rotatable bonds is 6. The van der Waals surface area contributed by atoms with Crippen LogP contribution in [-0.4, -0.2) is 38.4 Å². The molecule has 0 aliphatic rings. The highest BCUT2D eigenvalue weighted by Gasteiger charge is 2.11. The minimum absolute atomic E-state index is 0.132. The Hall–Kier alpha value is -1.75. The lowest BCUT2D eigenvalue weighted by atomic mass is 10.1. The summed E-state index contributed by atoms with van der Waals surface area (Å²) in [4.78, 5) is 2.08. The fraction of sp³-hybridized carbons (Fsp3) is 0.462. The third kappa shape index (κ3) is 3.63. The number of anilines is 1. The van der Waals surface area contributed by atoms with Crippen molar-refractivity contribution in [2.75, 3.05) is 32.2 Å². The third-order valence-electron chi connectivity index (χ3n) is 2.79. The number of methoxy groups -OCH3 is 1.